The van der Waals surface area contributed by atoms with E-state index in [1.807, 2.05) is 38.1 Å². The molecular weight excluding hydrogens is 366 g/mol. The van der Waals surface area contributed by atoms with E-state index in [-0.39, 0.29) is 0 Å². The Hall–Kier alpha value is -2.34. The summed E-state index contributed by atoms with van der Waals surface area (Å²) in [5, 5.41) is 0. The van der Waals surface area contributed by atoms with Crippen LogP contribution in [0.25, 0.3) is 11.5 Å². The van der Waals surface area contributed by atoms with Crippen LogP contribution in [0.1, 0.15) is 44.1 Å². The number of rotatable bonds is 7. The summed E-state index contributed by atoms with van der Waals surface area (Å²) in [6, 6.07) is 7.88. The van der Waals surface area contributed by atoms with Gasteiger partial charge in [-0.2, -0.15) is 0 Å². The van der Waals surface area contributed by atoms with E-state index in [0.29, 0.717) is 24.3 Å². The van der Waals surface area contributed by atoms with Crippen molar-refractivity contribution in [3.05, 3.63) is 35.7 Å². The minimum absolute atomic E-state index is 0.328. The van der Waals surface area contributed by atoms with Gasteiger partial charge in [-0.3, -0.25) is 9.69 Å². The molecule has 156 valence electrons. The summed E-state index contributed by atoms with van der Waals surface area (Å²) in [5.74, 6) is 3.29. The maximum Gasteiger partial charge on any atom is 0.226 e. The lowest BCUT2D eigenvalue weighted by Gasteiger charge is -2.34. The number of amides is 1. The van der Waals surface area contributed by atoms with Crippen LogP contribution in [0.15, 0.2) is 28.7 Å². The minimum atomic E-state index is 0.328. The molecule has 2 saturated heterocycles. The van der Waals surface area contributed by atoms with E-state index in [4.69, 9.17) is 14.1 Å². The van der Waals surface area contributed by atoms with Gasteiger partial charge in [-0.15, -0.1) is 0 Å². The van der Waals surface area contributed by atoms with Gasteiger partial charge in [-0.1, -0.05) is 0 Å². The molecule has 6 heteroatoms. The Labute approximate surface area is 172 Å². The van der Waals surface area contributed by atoms with Crippen LogP contribution in [0.2, 0.25) is 0 Å². The molecule has 2 fully saturated rings. The van der Waals surface area contributed by atoms with Crippen molar-refractivity contribution in [2.45, 2.75) is 46.1 Å². The molecule has 0 N–H and O–H groups in total. The second-order valence-corrected chi connectivity index (χ2v) is 8.17. The van der Waals surface area contributed by atoms with Crippen molar-refractivity contribution in [3.63, 3.8) is 0 Å². The fraction of sp³-hybridized carbons (Fsp3) is 0.565. The number of carbonyl (C=O) groups excluding carboxylic acids is 1. The number of aromatic nitrogens is 1. The number of hydrogen-bond donors (Lipinski definition) is 0. The zero-order valence-corrected chi connectivity index (χ0v) is 17.5. The number of ether oxygens (including phenoxy) is 1. The summed E-state index contributed by atoms with van der Waals surface area (Å²) >= 11 is 0. The van der Waals surface area contributed by atoms with Crippen molar-refractivity contribution in [3.8, 4) is 17.2 Å². The quantitative estimate of drug-likeness (QED) is 0.710. The molecule has 0 spiro atoms. The van der Waals surface area contributed by atoms with Gasteiger partial charge < -0.3 is 14.1 Å². The topological polar surface area (TPSA) is 58.8 Å². The monoisotopic (exact) mass is 397 g/mol. The lowest BCUT2D eigenvalue weighted by atomic mass is 9.97. The third-order valence-electron chi connectivity index (χ3n) is 5.93. The number of nitrogens with zero attached hydrogens (tertiary/aromatic N) is 3. The fourth-order valence-electron chi connectivity index (χ4n) is 4.42. The molecule has 29 heavy (non-hydrogen) atoms. The van der Waals surface area contributed by atoms with Crippen molar-refractivity contribution in [1.29, 1.82) is 0 Å². The van der Waals surface area contributed by atoms with Gasteiger partial charge in [0.25, 0.3) is 0 Å². The standard InChI is InChI=1S/C23H31N3O3/c1-3-28-20-10-8-19(9-11-20)23-24-21(17(2)29-23)16-25-12-4-6-18(14-25)15-26-13-5-7-22(26)27/h8-11,18H,3-7,12-16H2,1-2H3/t18-/m1/s1. The van der Waals surface area contributed by atoms with Gasteiger partial charge in [0, 0.05) is 38.2 Å². The second-order valence-electron chi connectivity index (χ2n) is 8.17. The number of piperidine rings is 1. The molecular formula is C23H31N3O3. The first-order valence-corrected chi connectivity index (χ1v) is 10.8. The lowest BCUT2D eigenvalue weighted by molar-refractivity contribution is -0.128. The summed E-state index contributed by atoms with van der Waals surface area (Å²) in [4.78, 5) is 21.2. The van der Waals surface area contributed by atoms with Gasteiger partial charge in [0.2, 0.25) is 11.8 Å². The molecule has 0 radical (unpaired) electrons. The Kier molecular flexibility index (Phi) is 6.19. The van der Waals surface area contributed by atoms with E-state index < -0.39 is 0 Å². The van der Waals surface area contributed by atoms with E-state index in [1.165, 1.54) is 12.8 Å². The number of aryl methyl sites for hydroxylation is 1. The predicted molar refractivity (Wildman–Crippen MR) is 112 cm³/mol. The van der Waals surface area contributed by atoms with Crippen molar-refractivity contribution >= 4 is 5.91 Å². The first-order valence-electron chi connectivity index (χ1n) is 10.8. The SMILES string of the molecule is CCOc1ccc(-c2nc(CN3CCC[C@@H](CN4CCCC4=O)C3)c(C)o2)cc1. The van der Waals surface area contributed by atoms with Gasteiger partial charge >= 0.3 is 0 Å². The Morgan fingerprint density at radius 3 is 2.76 bits per heavy atom. The highest BCUT2D eigenvalue weighted by Gasteiger charge is 2.27. The van der Waals surface area contributed by atoms with Gasteiger partial charge in [0.05, 0.1) is 12.3 Å². The van der Waals surface area contributed by atoms with Crippen LogP contribution in [0.4, 0.5) is 0 Å². The average Bonchev–Trinajstić information content (AvgIpc) is 3.29. The number of carbonyl (C=O) groups is 1. The van der Waals surface area contributed by atoms with E-state index in [2.05, 4.69) is 9.80 Å². The molecule has 0 saturated carbocycles. The van der Waals surface area contributed by atoms with Crippen LogP contribution in [0, 0.1) is 12.8 Å². The van der Waals surface area contributed by atoms with Gasteiger partial charge in [0.1, 0.15) is 11.5 Å². The molecule has 0 unspecified atom stereocenters. The molecule has 2 aliphatic rings. The van der Waals surface area contributed by atoms with Crippen molar-refractivity contribution < 1.29 is 13.9 Å². The molecule has 0 aliphatic carbocycles. The zero-order chi connectivity index (χ0) is 20.2. The van der Waals surface area contributed by atoms with Gasteiger partial charge in [0.15, 0.2) is 0 Å². The summed E-state index contributed by atoms with van der Waals surface area (Å²) < 4.78 is 11.5. The third kappa shape index (κ3) is 4.81. The molecule has 4 rings (SSSR count). The smallest absolute Gasteiger partial charge is 0.226 e. The Balaban J connectivity index is 1.38. The highest BCUT2D eigenvalue weighted by atomic mass is 16.5. The Morgan fingerprint density at radius 1 is 1.21 bits per heavy atom. The number of benzene rings is 1. The van der Waals surface area contributed by atoms with Crippen LogP contribution >= 0.6 is 0 Å². The van der Waals surface area contributed by atoms with Crippen LogP contribution in [-0.2, 0) is 11.3 Å². The van der Waals surface area contributed by atoms with E-state index in [0.717, 1.165) is 68.3 Å². The second kappa shape index (κ2) is 8.99. The minimum Gasteiger partial charge on any atom is -0.494 e. The highest BCUT2D eigenvalue weighted by molar-refractivity contribution is 5.78. The highest BCUT2D eigenvalue weighted by Crippen LogP contribution is 2.26. The Morgan fingerprint density at radius 2 is 2.03 bits per heavy atom. The van der Waals surface area contributed by atoms with Gasteiger partial charge in [-0.05, 0) is 69.8 Å². The van der Waals surface area contributed by atoms with Crippen LogP contribution in [-0.4, -0.2) is 53.5 Å². The average molecular weight is 398 g/mol. The van der Waals surface area contributed by atoms with E-state index in [1.54, 1.807) is 0 Å². The van der Waals surface area contributed by atoms with Gasteiger partial charge in [-0.25, -0.2) is 4.98 Å². The van der Waals surface area contributed by atoms with Crippen molar-refractivity contribution in [2.24, 2.45) is 5.92 Å². The Bertz CT molecular complexity index is 830. The molecule has 2 aromatic rings. The lowest BCUT2D eigenvalue weighted by Crippen LogP contribution is -2.41. The molecule has 3 heterocycles. The van der Waals surface area contributed by atoms with Crippen LogP contribution in [0.3, 0.4) is 0 Å². The number of hydrogen-bond acceptors (Lipinski definition) is 5. The zero-order valence-electron chi connectivity index (χ0n) is 17.5. The molecule has 2 aliphatic heterocycles. The summed E-state index contributed by atoms with van der Waals surface area (Å²) in [5.41, 5.74) is 1.97. The van der Waals surface area contributed by atoms with Crippen LogP contribution in [0.5, 0.6) is 5.75 Å². The third-order valence-corrected chi connectivity index (χ3v) is 5.93. The van der Waals surface area contributed by atoms with Crippen LogP contribution < -0.4 is 4.74 Å². The largest absolute Gasteiger partial charge is 0.494 e. The molecule has 6 nitrogen and oxygen atoms in total. The summed E-state index contributed by atoms with van der Waals surface area (Å²) in [6.07, 6.45) is 4.12. The molecule has 1 aromatic carbocycles. The van der Waals surface area contributed by atoms with Crippen molar-refractivity contribution in [2.75, 3.05) is 32.8 Å². The molecule has 0 bridgehead atoms. The van der Waals surface area contributed by atoms with E-state index in [9.17, 15) is 4.79 Å². The maximum atomic E-state index is 11.9. The van der Waals surface area contributed by atoms with Crippen molar-refractivity contribution in [1.82, 2.24) is 14.8 Å². The maximum absolute atomic E-state index is 11.9. The number of oxazole rings is 1. The molecule has 1 amide bonds. The fourth-order valence-corrected chi connectivity index (χ4v) is 4.42. The summed E-state index contributed by atoms with van der Waals surface area (Å²) in [7, 11) is 0. The number of likely N-dealkylation sites (tertiary alicyclic amines) is 2. The normalized spacial score (nSPS) is 20.4. The molecule has 1 atom stereocenters. The first kappa shape index (κ1) is 20.0. The predicted octanol–water partition coefficient (Wildman–Crippen LogP) is 3.88. The van der Waals surface area contributed by atoms with E-state index >= 15 is 0 Å². The summed E-state index contributed by atoms with van der Waals surface area (Å²) in [6.45, 7) is 9.37. The molecule has 1 aromatic heterocycles. The first-order chi connectivity index (χ1) is 14.1.